The number of carboxylic acid groups (broad SMARTS) is 1. The van der Waals surface area contributed by atoms with Crippen LogP contribution in [0.1, 0.15) is 5.56 Å². The first-order chi connectivity index (χ1) is 8.08. The van der Waals surface area contributed by atoms with Crippen LogP contribution in [-0.4, -0.2) is 30.8 Å². The lowest BCUT2D eigenvalue weighted by atomic mass is 10.2. The second-order valence-electron chi connectivity index (χ2n) is 3.30. The second kappa shape index (κ2) is 6.09. The van der Waals surface area contributed by atoms with Gasteiger partial charge in [-0.25, -0.2) is 4.79 Å². The molecule has 1 aromatic carbocycles. The second-order valence-corrected chi connectivity index (χ2v) is 3.70. The molecule has 0 radical (unpaired) electrons. The topological polar surface area (TPSA) is 82.3 Å². The summed E-state index contributed by atoms with van der Waals surface area (Å²) in [4.78, 5) is 10.9. The molecule has 0 bridgehead atoms. The van der Waals surface area contributed by atoms with E-state index in [1.54, 1.807) is 6.07 Å². The molecule has 1 aromatic rings. The van der Waals surface area contributed by atoms with Gasteiger partial charge < -0.3 is 15.2 Å². The van der Waals surface area contributed by atoms with E-state index in [1.165, 1.54) is 19.2 Å². The van der Waals surface area contributed by atoms with Gasteiger partial charge in [-0.15, -0.1) is 0 Å². The number of nitrogens with zero attached hydrogens (tertiary/aromatic N) is 1. The van der Waals surface area contributed by atoms with Crippen LogP contribution < -0.4 is 5.32 Å². The van der Waals surface area contributed by atoms with Crippen molar-refractivity contribution in [1.29, 1.82) is 5.26 Å². The van der Waals surface area contributed by atoms with Gasteiger partial charge in [0, 0.05) is 12.8 Å². The van der Waals surface area contributed by atoms with Crippen molar-refractivity contribution in [3.8, 4) is 6.07 Å². The Morgan fingerprint density at radius 1 is 1.71 bits per heavy atom. The molecule has 0 saturated heterocycles. The van der Waals surface area contributed by atoms with Crippen LogP contribution in [0.4, 0.5) is 5.69 Å². The largest absolute Gasteiger partial charge is 0.480 e. The Kier molecular flexibility index (Phi) is 4.76. The number of aliphatic carboxylic acids is 1. The average molecular weight is 255 g/mol. The first-order valence-electron chi connectivity index (χ1n) is 4.76. The average Bonchev–Trinajstić information content (AvgIpc) is 2.28. The summed E-state index contributed by atoms with van der Waals surface area (Å²) >= 11 is 5.83. The summed E-state index contributed by atoms with van der Waals surface area (Å²) in [6.07, 6.45) is 0. The van der Waals surface area contributed by atoms with Gasteiger partial charge in [-0.1, -0.05) is 11.6 Å². The van der Waals surface area contributed by atoms with E-state index in [1.807, 2.05) is 6.07 Å². The molecule has 1 unspecified atom stereocenters. The van der Waals surface area contributed by atoms with Gasteiger partial charge in [0.2, 0.25) is 0 Å². The first-order valence-corrected chi connectivity index (χ1v) is 5.14. The van der Waals surface area contributed by atoms with Crippen LogP contribution in [0, 0.1) is 11.3 Å². The molecule has 0 heterocycles. The Bertz CT molecular complexity index is 457. The lowest BCUT2D eigenvalue weighted by Gasteiger charge is -2.15. The minimum atomic E-state index is -1.02. The monoisotopic (exact) mass is 254 g/mol. The molecule has 17 heavy (non-hydrogen) atoms. The van der Waals surface area contributed by atoms with E-state index >= 15 is 0 Å². The SMILES string of the molecule is COCC(Nc1ccc(C#N)c(Cl)c1)C(=O)O. The molecule has 1 atom stereocenters. The van der Waals surface area contributed by atoms with Crippen molar-refractivity contribution < 1.29 is 14.6 Å². The fourth-order valence-corrected chi connectivity index (χ4v) is 1.46. The summed E-state index contributed by atoms with van der Waals surface area (Å²) in [7, 11) is 1.42. The minimum Gasteiger partial charge on any atom is -0.480 e. The number of ether oxygens (including phenoxy) is 1. The molecule has 0 saturated carbocycles. The van der Waals surface area contributed by atoms with Crippen LogP contribution >= 0.6 is 11.6 Å². The van der Waals surface area contributed by atoms with E-state index in [2.05, 4.69) is 5.32 Å². The molecule has 0 aromatic heterocycles. The summed E-state index contributed by atoms with van der Waals surface area (Å²) in [6, 6.07) is 5.69. The summed E-state index contributed by atoms with van der Waals surface area (Å²) < 4.78 is 4.78. The molecule has 0 aliphatic carbocycles. The highest BCUT2D eigenvalue weighted by Crippen LogP contribution is 2.20. The lowest BCUT2D eigenvalue weighted by molar-refractivity contribution is -0.139. The van der Waals surface area contributed by atoms with Gasteiger partial charge in [0.05, 0.1) is 17.2 Å². The van der Waals surface area contributed by atoms with Gasteiger partial charge >= 0.3 is 5.97 Å². The van der Waals surface area contributed by atoms with Crippen molar-refractivity contribution in [1.82, 2.24) is 0 Å². The third-order valence-corrected chi connectivity index (χ3v) is 2.37. The van der Waals surface area contributed by atoms with Crippen LogP contribution in [-0.2, 0) is 9.53 Å². The normalized spacial score (nSPS) is 11.6. The summed E-state index contributed by atoms with van der Waals surface area (Å²) in [6.45, 7) is 0.0347. The van der Waals surface area contributed by atoms with Crippen molar-refractivity contribution in [2.24, 2.45) is 0 Å². The number of rotatable bonds is 5. The van der Waals surface area contributed by atoms with Crippen molar-refractivity contribution in [2.75, 3.05) is 19.0 Å². The van der Waals surface area contributed by atoms with Crippen LogP contribution in [0.25, 0.3) is 0 Å². The van der Waals surface area contributed by atoms with E-state index in [-0.39, 0.29) is 11.6 Å². The third-order valence-electron chi connectivity index (χ3n) is 2.06. The smallest absolute Gasteiger partial charge is 0.328 e. The molecule has 0 spiro atoms. The molecular formula is C11H11ClN2O3. The number of nitrogens with one attached hydrogen (secondary N) is 1. The Balaban J connectivity index is 2.84. The number of methoxy groups -OCH3 is 1. The fourth-order valence-electron chi connectivity index (χ4n) is 1.24. The van der Waals surface area contributed by atoms with Gasteiger partial charge in [-0.05, 0) is 18.2 Å². The van der Waals surface area contributed by atoms with Crippen molar-refractivity contribution in [3.63, 3.8) is 0 Å². The van der Waals surface area contributed by atoms with Gasteiger partial charge in [0.15, 0.2) is 0 Å². The molecule has 6 heteroatoms. The molecule has 90 valence electrons. The number of carbonyl (C=O) groups is 1. The highest BCUT2D eigenvalue weighted by molar-refractivity contribution is 6.32. The number of anilines is 1. The van der Waals surface area contributed by atoms with Gasteiger partial charge in [-0.3, -0.25) is 0 Å². The highest BCUT2D eigenvalue weighted by atomic mass is 35.5. The Morgan fingerprint density at radius 3 is 2.88 bits per heavy atom. The number of nitriles is 1. The Hall–Kier alpha value is -1.77. The molecular weight excluding hydrogens is 244 g/mol. The van der Waals surface area contributed by atoms with Gasteiger partial charge in [0.1, 0.15) is 12.1 Å². The highest BCUT2D eigenvalue weighted by Gasteiger charge is 2.17. The van der Waals surface area contributed by atoms with Crippen LogP contribution in [0.5, 0.6) is 0 Å². The van der Waals surface area contributed by atoms with Crippen molar-refractivity contribution >= 4 is 23.3 Å². The van der Waals surface area contributed by atoms with Crippen molar-refractivity contribution in [2.45, 2.75) is 6.04 Å². The van der Waals surface area contributed by atoms with Crippen LogP contribution in [0.2, 0.25) is 5.02 Å². The Labute approximate surface area is 104 Å². The standard InChI is InChI=1S/C11H11ClN2O3/c1-17-6-10(11(15)16)14-8-3-2-7(5-13)9(12)4-8/h2-4,10,14H,6H2,1H3,(H,15,16). The molecule has 0 aliphatic rings. The van der Waals surface area contributed by atoms with E-state index in [0.717, 1.165) is 0 Å². The number of carboxylic acids is 1. The van der Waals surface area contributed by atoms with Crippen LogP contribution in [0.3, 0.4) is 0 Å². The molecule has 1 rings (SSSR count). The fraction of sp³-hybridized carbons (Fsp3) is 0.273. The molecule has 2 N–H and O–H groups in total. The zero-order valence-corrected chi connectivity index (χ0v) is 9.86. The number of hydrogen-bond acceptors (Lipinski definition) is 4. The number of hydrogen-bond donors (Lipinski definition) is 2. The summed E-state index contributed by atoms with van der Waals surface area (Å²) in [5, 5.41) is 20.6. The Morgan fingerprint density at radius 2 is 2.41 bits per heavy atom. The molecule has 5 nitrogen and oxygen atoms in total. The van der Waals surface area contributed by atoms with Crippen LogP contribution in [0.15, 0.2) is 18.2 Å². The molecule has 0 aliphatic heterocycles. The number of halogens is 1. The first kappa shape index (κ1) is 13.3. The predicted octanol–water partition coefficient (Wildman–Crippen LogP) is 1.72. The minimum absolute atomic E-state index is 0.0347. The maximum absolute atomic E-state index is 10.9. The van der Waals surface area contributed by atoms with Crippen molar-refractivity contribution in [3.05, 3.63) is 28.8 Å². The summed E-state index contributed by atoms with van der Waals surface area (Å²) in [5.74, 6) is -1.02. The number of benzene rings is 1. The zero-order chi connectivity index (χ0) is 12.8. The quantitative estimate of drug-likeness (QED) is 0.836. The molecule has 0 fully saturated rings. The molecule has 0 amide bonds. The van der Waals surface area contributed by atoms with E-state index in [9.17, 15) is 4.79 Å². The van der Waals surface area contributed by atoms with E-state index in [0.29, 0.717) is 11.3 Å². The summed E-state index contributed by atoms with van der Waals surface area (Å²) in [5.41, 5.74) is 0.870. The van der Waals surface area contributed by atoms with Gasteiger partial charge in [-0.2, -0.15) is 5.26 Å². The predicted molar refractivity (Wildman–Crippen MR) is 63.1 cm³/mol. The van der Waals surface area contributed by atoms with E-state index in [4.69, 9.17) is 26.7 Å². The third kappa shape index (κ3) is 3.63. The maximum atomic E-state index is 10.9. The maximum Gasteiger partial charge on any atom is 0.328 e. The zero-order valence-electron chi connectivity index (χ0n) is 9.11. The van der Waals surface area contributed by atoms with E-state index < -0.39 is 12.0 Å². The van der Waals surface area contributed by atoms with Gasteiger partial charge in [0.25, 0.3) is 0 Å². The lowest BCUT2D eigenvalue weighted by Crippen LogP contribution is -2.33.